The molecule has 6 nitrogen and oxygen atoms in total. The van der Waals surface area contributed by atoms with Crippen LogP contribution in [0.1, 0.15) is 5.56 Å². The lowest BCUT2D eigenvalue weighted by Crippen LogP contribution is -2.51. The SMILES string of the molecule is COc1ccc(CNC(=O)N2CCN(c3ccccc3F)CC2)cn1. The Morgan fingerprint density at radius 1 is 1.20 bits per heavy atom. The first-order chi connectivity index (χ1) is 12.2. The molecule has 3 rings (SSSR count). The Bertz CT molecular complexity index is 715. The van der Waals surface area contributed by atoms with E-state index < -0.39 is 0 Å². The Morgan fingerprint density at radius 3 is 2.60 bits per heavy atom. The topological polar surface area (TPSA) is 57.7 Å². The fourth-order valence-corrected chi connectivity index (χ4v) is 2.78. The number of methoxy groups -OCH3 is 1. The Hall–Kier alpha value is -2.83. The molecule has 1 aliphatic rings. The number of ether oxygens (including phenoxy) is 1. The van der Waals surface area contributed by atoms with Crippen molar-refractivity contribution in [3.8, 4) is 5.88 Å². The molecule has 0 unspecified atom stereocenters. The molecule has 2 aromatic rings. The molecular formula is C18H21FN4O2. The number of hydrogen-bond donors (Lipinski definition) is 1. The third-order valence-corrected chi connectivity index (χ3v) is 4.21. The van der Waals surface area contributed by atoms with Gasteiger partial charge in [-0.2, -0.15) is 0 Å². The van der Waals surface area contributed by atoms with Gasteiger partial charge in [-0.25, -0.2) is 14.2 Å². The van der Waals surface area contributed by atoms with Gasteiger partial charge in [-0.1, -0.05) is 18.2 Å². The van der Waals surface area contributed by atoms with E-state index in [1.54, 1.807) is 36.4 Å². The summed E-state index contributed by atoms with van der Waals surface area (Å²) in [4.78, 5) is 20.1. The molecule has 0 aliphatic carbocycles. The largest absolute Gasteiger partial charge is 0.481 e. The second-order valence-corrected chi connectivity index (χ2v) is 5.79. The number of pyridine rings is 1. The molecule has 7 heteroatoms. The number of piperazine rings is 1. The van der Waals surface area contributed by atoms with Crippen LogP contribution in [0.3, 0.4) is 0 Å². The van der Waals surface area contributed by atoms with Crippen LogP contribution in [-0.4, -0.2) is 49.2 Å². The summed E-state index contributed by atoms with van der Waals surface area (Å²) >= 11 is 0. The van der Waals surface area contributed by atoms with Crippen molar-refractivity contribution in [2.75, 3.05) is 38.2 Å². The molecule has 1 fully saturated rings. The number of urea groups is 1. The number of nitrogens with one attached hydrogen (secondary N) is 1. The van der Waals surface area contributed by atoms with E-state index >= 15 is 0 Å². The van der Waals surface area contributed by atoms with Crippen LogP contribution >= 0.6 is 0 Å². The summed E-state index contributed by atoms with van der Waals surface area (Å²) in [5, 5.41) is 2.89. The number of halogens is 1. The van der Waals surface area contributed by atoms with Gasteiger partial charge in [-0.15, -0.1) is 0 Å². The number of amides is 2. The van der Waals surface area contributed by atoms with Crippen molar-refractivity contribution in [2.24, 2.45) is 0 Å². The van der Waals surface area contributed by atoms with Crippen LogP contribution in [0.25, 0.3) is 0 Å². The average Bonchev–Trinajstić information content (AvgIpc) is 2.67. The maximum absolute atomic E-state index is 13.8. The van der Waals surface area contributed by atoms with Crippen molar-refractivity contribution in [1.29, 1.82) is 0 Å². The predicted molar refractivity (Wildman–Crippen MR) is 93.2 cm³/mol. The number of nitrogens with zero attached hydrogens (tertiary/aromatic N) is 3. The Morgan fingerprint density at radius 2 is 1.96 bits per heavy atom. The maximum atomic E-state index is 13.8. The quantitative estimate of drug-likeness (QED) is 0.924. The summed E-state index contributed by atoms with van der Waals surface area (Å²) in [6, 6.07) is 10.2. The van der Waals surface area contributed by atoms with E-state index in [-0.39, 0.29) is 11.8 Å². The van der Waals surface area contributed by atoms with Crippen molar-refractivity contribution >= 4 is 11.7 Å². The van der Waals surface area contributed by atoms with Crippen molar-refractivity contribution in [3.63, 3.8) is 0 Å². The molecule has 25 heavy (non-hydrogen) atoms. The van der Waals surface area contributed by atoms with E-state index in [2.05, 4.69) is 10.3 Å². The lowest BCUT2D eigenvalue weighted by atomic mass is 10.2. The van der Waals surface area contributed by atoms with Crippen molar-refractivity contribution in [3.05, 3.63) is 54.0 Å². The molecule has 0 bridgehead atoms. The standard InChI is InChI=1S/C18H21FN4O2/c1-25-17-7-6-14(12-20-17)13-21-18(24)23-10-8-22(9-11-23)16-5-3-2-4-15(16)19/h2-7,12H,8-11,13H2,1H3,(H,21,24). The normalized spacial score (nSPS) is 14.3. The Balaban J connectivity index is 1.49. The Labute approximate surface area is 146 Å². The number of hydrogen-bond acceptors (Lipinski definition) is 4. The molecule has 0 atom stereocenters. The third kappa shape index (κ3) is 4.17. The highest BCUT2D eigenvalue weighted by atomic mass is 19.1. The van der Waals surface area contributed by atoms with E-state index in [9.17, 15) is 9.18 Å². The third-order valence-electron chi connectivity index (χ3n) is 4.21. The zero-order valence-corrected chi connectivity index (χ0v) is 14.1. The average molecular weight is 344 g/mol. The van der Waals surface area contributed by atoms with Crippen LogP contribution in [0.15, 0.2) is 42.6 Å². The number of benzene rings is 1. The number of aromatic nitrogens is 1. The van der Waals surface area contributed by atoms with Gasteiger partial charge in [-0.05, 0) is 17.7 Å². The lowest BCUT2D eigenvalue weighted by molar-refractivity contribution is 0.194. The molecule has 2 heterocycles. The summed E-state index contributed by atoms with van der Waals surface area (Å²) in [5.74, 6) is 0.312. The van der Waals surface area contributed by atoms with E-state index in [0.717, 1.165) is 5.56 Å². The monoisotopic (exact) mass is 344 g/mol. The highest BCUT2D eigenvalue weighted by molar-refractivity contribution is 5.74. The molecule has 132 valence electrons. The minimum atomic E-state index is -0.229. The summed E-state index contributed by atoms with van der Waals surface area (Å²) in [7, 11) is 1.56. The molecule has 1 aliphatic heterocycles. The smallest absolute Gasteiger partial charge is 0.317 e. The summed E-state index contributed by atoms with van der Waals surface area (Å²) < 4.78 is 18.8. The van der Waals surface area contributed by atoms with Gasteiger partial charge in [0, 0.05) is 45.0 Å². The first kappa shape index (κ1) is 17.0. The second-order valence-electron chi connectivity index (χ2n) is 5.79. The van der Waals surface area contributed by atoms with Gasteiger partial charge in [0.2, 0.25) is 5.88 Å². The predicted octanol–water partition coefficient (Wildman–Crippen LogP) is 2.26. The minimum absolute atomic E-state index is 0.121. The van der Waals surface area contributed by atoms with Crippen LogP contribution in [0.2, 0.25) is 0 Å². The van der Waals surface area contributed by atoms with Crippen LogP contribution in [0, 0.1) is 5.82 Å². The van der Waals surface area contributed by atoms with Gasteiger partial charge in [0.25, 0.3) is 0 Å². The van der Waals surface area contributed by atoms with Gasteiger partial charge < -0.3 is 19.9 Å². The molecule has 1 saturated heterocycles. The minimum Gasteiger partial charge on any atom is -0.481 e. The number of carbonyl (C=O) groups is 1. The van der Waals surface area contributed by atoms with Crippen LogP contribution in [0.5, 0.6) is 5.88 Å². The molecule has 0 spiro atoms. The number of para-hydroxylation sites is 1. The van der Waals surface area contributed by atoms with E-state index in [1.165, 1.54) is 6.07 Å². The highest BCUT2D eigenvalue weighted by Gasteiger charge is 2.22. The first-order valence-corrected chi connectivity index (χ1v) is 8.18. The van der Waals surface area contributed by atoms with E-state index in [4.69, 9.17) is 4.74 Å². The van der Waals surface area contributed by atoms with Crippen molar-refractivity contribution in [2.45, 2.75) is 6.54 Å². The summed E-state index contributed by atoms with van der Waals surface area (Å²) in [6.07, 6.45) is 1.68. The fourth-order valence-electron chi connectivity index (χ4n) is 2.78. The molecule has 1 aromatic heterocycles. The molecule has 1 aromatic carbocycles. The van der Waals surface area contributed by atoms with Gasteiger partial charge in [0.15, 0.2) is 0 Å². The zero-order chi connectivity index (χ0) is 17.6. The lowest BCUT2D eigenvalue weighted by Gasteiger charge is -2.36. The van der Waals surface area contributed by atoms with Gasteiger partial charge in [0.05, 0.1) is 12.8 Å². The number of anilines is 1. The molecule has 1 N–H and O–H groups in total. The zero-order valence-electron chi connectivity index (χ0n) is 14.1. The summed E-state index contributed by atoms with van der Waals surface area (Å²) in [6.45, 7) is 2.74. The molecule has 0 saturated carbocycles. The van der Waals surface area contributed by atoms with Crippen LogP contribution < -0.4 is 15.0 Å². The van der Waals surface area contributed by atoms with Gasteiger partial charge in [-0.3, -0.25) is 0 Å². The number of rotatable bonds is 4. The summed E-state index contributed by atoms with van der Waals surface area (Å²) in [5.41, 5.74) is 1.49. The fraction of sp³-hybridized carbons (Fsp3) is 0.333. The first-order valence-electron chi connectivity index (χ1n) is 8.18. The van der Waals surface area contributed by atoms with Gasteiger partial charge >= 0.3 is 6.03 Å². The molecule has 0 radical (unpaired) electrons. The Kier molecular flexibility index (Phi) is 5.33. The second kappa shape index (κ2) is 7.83. The van der Waals surface area contributed by atoms with E-state index in [0.29, 0.717) is 44.3 Å². The van der Waals surface area contributed by atoms with Crippen LogP contribution in [0.4, 0.5) is 14.9 Å². The molecule has 2 amide bonds. The van der Waals surface area contributed by atoms with Crippen LogP contribution in [-0.2, 0) is 6.54 Å². The van der Waals surface area contributed by atoms with E-state index in [1.807, 2.05) is 17.0 Å². The van der Waals surface area contributed by atoms with Crippen molar-refractivity contribution < 1.29 is 13.9 Å². The molecular weight excluding hydrogens is 323 g/mol. The maximum Gasteiger partial charge on any atom is 0.317 e. The van der Waals surface area contributed by atoms with Crippen molar-refractivity contribution in [1.82, 2.24) is 15.2 Å². The highest BCUT2D eigenvalue weighted by Crippen LogP contribution is 2.20. The van der Waals surface area contributed by atoms with Gasteiger partial charge in [0.1, 0.15) is 5.82 Å². The number of carbonyl (C=O) groups excluding carboxylic acids is 1.